The summed E-state index contributed by atoms with van der Waals surface area (Å²) < 4.78 is 0. The SMILES string of the molecule is CCCC1CC(NCC2CCCC2)CN(C(CC)C2CC2)C1. The lowest BCUT2D eigenvalue weighted by atomic mass is 9.88. The van der Waals surface area contributed by atoms with Gasteiger partial charge in [-0.1, -0.05) is 33.1 Å². The van der Waals surface area contributed by atoms with E-state index in [1.165, 1.54) is 83.8 Å². The minimum Gasteiger partial charge on any atom is -0.312 e. The lowest BCUT2D eigenvalue weighted by Crippen LogP contribution is -2.53. The number of nitrogens with zero attached hydrogens (tertiary/aromatic N) is 1. The molecule has 1 aliphatic heterocycles. The van der Waals surface area contributed by atoms with E-state index in [9.17, 15) is 0 Å². The molecular weight excluding hydrogens is 268 g/mol. The molecule has 128 valence electrons. The standard InChI is InChI=1S/C20H38N2/c1-3-7-17-12-19(21-13-16-8-5-6-9-16)15-22(14-17)20(4-2)18-10-11-18/h16-21H,3-15H2,1-2H3. The minimum absolute atomic E-state index is 0.763. The molecule has 3 fully saturated rings. The molecule has 2 aliphatic carbocycles. The van der Waals surface area contributed by atoms with Crippen LogP contribution in [0.4, 0.5) is 0 Å². The summed E-state index contributed by atoms with van der Waals surface area (Å²) in [6.07, 6.45) is 14.5. The number of rotatable bonds is 8. The lowest BCUT2D eigenvalue weighted by Gasteiger charge is -2.43. The van der Waals surface area contributed by atoms with Crippen LogP contribution in [0, 0.1) is 17.8 Å². The van der Waals surface area contributed by atoms with E-state index in [2.05, 4.69) is 24.1 Å². The second-order valence-electron chi connectivity index (χ2n) is 8.41. The first-order chi connectivity index (χ1) is 10.8. The van der Waals surface area contributed by atoms with Crippen LogP contribution in [0.2, 0.25) is 0 Å². The van der Waals surface area contributed by atoms with Crippen molar-refractivity contribution in [2.75, 3.05) is 19.6 Å². The van der Waals surface area contributed by atoms with Crippen molar-refractivity contribution in [1.82, 2.24) is 10.2 Å². The molecule has 3 rings (SSSR count). The number of piperidine rings is 1. The Morgan fingerprint density at radius 2 is 1.77 bits per heavy atom. The van der Waals surface area contributed by atoms with Gasteiger partial charge >= 0.3 is 0 Å². The molecule has 1 heterocycles. The number of hydrogen-bond donors (Lipinski definition) is 1. The normalized spacial score (nSPS) is 32.5. The first kappa shape index (κ1) is 16.8. The van der Waals surface area contributed by atoms with Crippen LogP contribution in [0.25, 0.3) is 0 Å². The van der Waals surface area contributed by atoms with Crippen LogP contribution in [-0.4, -0.2) is 36.6 Å². The van der Waals surface area contributed by atoms with E-state index in [4.69, 9.17) is 0 Å². The fourth-order valence-electron chi connectivity index (χ4n) is 5.20. The summed E-state index contributed by atoms with van der Waals surface area (Å²) in [7, 11) is 0. The second kappa shape index (κ2) is 8.15. The maximum Gasteiger partial charge on any atom is 0.0198 e. The van der Waals surface area contributed by atoms with Gasteiger partial charge in [0.25, 0.3) is 0 Å². The fourth-order valence-corrected chi connectivity index (χ4v) is 5.20. The molecule has 0 aromatic carbocycles. The third-order valence-electron chi connectivity index (χ3n) is 6.49. The van der Waals surface area contributed by atoms with Crippen molar-refractivity contribution in [1.29, 1.82) is 0 Å². The van der Waals surface area contributed by atoms with Gasteiger partial charge in [-0.05, 0) is 69.2 Å². The Morgan fingerprint density at radius 3 is 2.41 bits per heavy atom. The van der Waals surface area contributed by atoms with Gasteiger partial charge in [0.05, 0.1) is 0 Å². The minimum atomic E-state index is 0.763. The largest absolute Gasteiger partial charge is 0.312 e. The summed E-state index contributed by atoms with van der Waals surface area (Å²) >= 11 is 0. The summed E-state index contributed by atoms with van der Waals surface area (Å²) in [6, 6.07) is 1.65. The molecule has 2 saturated carbocycles. The molecule has 3 unspecified atom stereocenters. The van der Waals surface area contributed by atoms with Crippen molar-refractivity contribution in [2.45, 2.75) is 90.1 Å². The molecule has 0 aromatic rings. The van der Waals surface area contributed by atoms with Gasteiger partial charge in [0.2, 0.25) is 0 Å². The van der Waals surface area contributed by atoms with Gasteiger partial charge in [-0.3, -0.25) is 4.90 Å². The topological polar surface area (TPSA) is 15.3 Å². The van der Waals surface area contributed by atoms with Crippen molar-refractivity contribution in [2.24, 2.45) is 17.8 Å². The molecule has 3 atom stereocenters. The number of nitrogens with one attached hydrogen (secondary N) is 1. The van der Waals surface area contributed by atoms with E-state index in [0.29, 0.717) is 0 Å². The van der Waals surface area contributed by atoms with Crippen LogP contribution in [0.15, 0.2) is 0 Å². The van der Waals surface area contributed by atoms with Crippen LogP contribution in [0.5, 0.6) is 0 Å². The van der Waals surface area contributed by atoms with E-state index < -0.39 is 0 Å². The Morgan fingerprint density at radius 1 is 1.00 bits per heavy atom. The van der Waals surface area contributed by atoms with Gasteiger partial charge in [-0.15, -0.1) is 0 Å². The van der Waals surface area contributed by atoms with Crippen LogP contribution >= 0.6 is 0 Å². The zero-order valence-electron chi connectivity index (χ0n) is 15.0. The van der Waals surface area contributed by atoms with E-state index in [-0.39, 0.29) is 0 Å². The number of hydrogen-bond acceptors (Lipinski definition) is 2. The molecule has 3 aliphatic rings. The molecule has 0 bridgehead atoms. The molecule has 1 N–H and O–H groups in total. The highest BCUT2D eigenvalue weighted by Crippen LogP contribution is 2.38. The molecule has 0 spiro atoms. The van der Waals surface area contributed by atoms with Crippen LogP contribution < -0.4 is 5.32 Å². The Balaban J connectivity index is 1.53. The van der Waals surface area contributed by atoms with Gasteiger partial charge < -0.3 is 5.32 Å². The fraction of sp³-hybridized carbons (Fsp3) is 1.00. The van der Waals surface area contributed by atoms with Crippen molar-refractivity contribution < 1.29 is 0 Å². The molecule has 1 saturated heterocycles. The Hall–Kier alpha value is -0.0800. The summed E-state index contributed by atoms with van der Waals surface area (Å²) in [5, 5.41) is 3.98. The smallest absolute Gasteiger partial charge is 0.0198 e. The van der Waals surface area contributed by atoms with Gasteiger partial charge in [-0.2, -0.15) is 0 Å². The molecule has 0 amide bonds. The van der Waals surface area contributed by atoms with Crippen molar-refractivity contribution >= 4 is 0 Å². The quantitative estimate of drug-likeness (QED) is 0.713. The molecule has 0 aromatic heterocycles. The Kier molecular flexibility index (Phi) is 6.21. The number of likely N-dealkylation sites (tertiary alicyclic amines) is 1. The second-order valence-corrected chi connectivity index (χ2v) is 8.41. The average molecular weight is 307 g/mol. The third kappa shape index (κ3) is 4.47. The highest BCUT2D eigenvalue weighted by molar-refractivity contribution is 4.93. The summed E-state index contributed by atoms with van der Waals surface area (Å²) in [6.45, 7) is 8.76. The Bertz CT molecular complexity index is 320. The van der Waals surface area contributed by atoms with E-state index >= 15 is 0 Å². The molecular formula is C20H38N2. The van der Waals surface area contributed by atoms with Crippen molar-refractivity contribution in [3.63, 3.8) is 0 Å². The van der Waals surface area contributed by atoms with Crippen LogP contribution in [0.1, 0.15) is 78.1 Å². The molecule has 0 radical (unpaired) electrons. The van der Waals surface area contributed by atoms with Crippen molar-refractivity contribution in [3.05, 3.63) is 0 Å². The third-order valence-corrected chi connectivity index (χ3v) is 6.49. The molecule has 2 nitrogen and oxygen atoms in total. The maximum absolute atomic E-state index is 3.98. The molecule has 2 heteroatoms. The van der Waals surface area contributed by atoms with Gasteiger partial charge in [0, 0.05) is 25.2 Å². The zero-order valence-corrected chi connectivity index (χ0v) is 15.0. The summed E-state index contributed by atoms with van der Waals surface area (Å²) in [4.78, 5) is 2.88. The highest BCUT2D eigenvalue weighted by atomic mass is 15.2. The van der Waals surface area contributed by atoms with Gasteiger partial charge in [0.15, 0.2) is 0 Å². The van der Waals surface area contributed by atoms with Gasteiger partial charge in [-0.25, -0.2) is 0 Å². The monoisotopic (exact) mass is 306 g/mol. The van der Waals surface area contributed by atoms with E-state index in [1.807, 2.05) is 0 Å². The van der Waals surface area contributed by atoms with E-state index in [1.54, 1.807) is 0 Å². The Labute approximate surface area is 138 Å². The predicted octanol–water partition coefficient (Wildman–Crippen LogP) is 4.45. The first-order valence-electron chi connectivity index (χ1n) is 10.3. The zero-order chi connectivity index (χ0) is 15.4. The first-order valence-corrected chi connectivity index (χ1v) is 10.3. The predicted molar refractivity (Wildman–Crippen MR) is 95.1 cm³/mol. The lowest BCUT2D eigenvalue weighted by molar-refractivity contribution is 0.0792. The van der Waals surface area contributed by atoms with Crippen LogP contribution in [-0.2, 0) is 0 Å². The van der Waals surface area contributed by atoms with Crippen LogP contribution in [0.3, 0.4) is 0 Å². The molecule has 22 heavy (non-hydrogen) atoms. The van der Waals surface area contributed by atoms with Crippen molar-refractivity contribution in [3.8, 4) is 0 Å². The highest BCUT2D eigenvalue weighted by Gasteiger charge is 2.38. The maximum atomic E-state index is 3.98. The average Bonchev–Trinajstić information content (AvgIpc) is 3.21. The van der Waals surface area contributed by atoms with Gasteiger partial charge in [0.1, 0.15) is 0 Å². The van der Waals surface area contributed by atoms with E-state index in [0.717, 1.165) is 29.8 Å². The summed E-state index contributed by atoms with van der Waals surface area (Å²) in [5.41, 5.74) is 0. The summed E-state index contributed by atoms with van der Waals surface area (Å²) in [5.74, 6) is 2.94.